The smallest absolute Gasteiger partial charge is 0.264 e. The maximum atomic E-state index is 13.2. The molecule has 2 aromatic carbocycles. The van der Waals surface area contributed by atoms with E-state index in [1.807, 2.05) is 0 Å². The van der Waals surface area contributed by atoms with Crippen LogP contribution < -0.4 is 4.31 Å². The van der Waals surface area contributed by atoms with Crippen LogP contribution >= 0.6 is 0 Å². The van der Waals surface area contributed by atoms with Gasteiger partial charge in [0, 0.05) is 12.1 Å². The number of hydrogen-bond acceptors (Lipinski definition) is 3. The van der Waals surface area contributed by atoms with Crippen molar-refractivity contribution in [3.8, 4) is 0 Å². The fourth-order valence-corrected chi connectivity index (χ4v) is 4.57. The van der Waals surface area contributed by atoms with E-state index in [1.54, 1.807) is 25.1 Å². The second kappa shape index (κ2) is 5.45. The first-order valence-electron chi connectivity index (χ1n) is 7.23. The molecule has 6 heteroatoms. The van der Waals surface area contributed by atoms with Crippen molar-refractivity contribution in [1.82, 2.24) is 0 Å². The van der Waals surface area contributed by atoms with E-state index in [-0.39, 0.29) is 10.7 Å². The Bertz CT molecular complexity index is 906. The molecule has 0 bridgehead atoms. The van der Waals surface area contributed by atoms with Crippen molar-refractivity contribution in [2.45, 2.75) is 25.2 Å². The molecule has 0 aliphatic carbocycles. The van der Waals surface area contributed by atoms with Crippen LogP contribution in [0.4, 0.5) is 10.1 Å². The van der Waals surface area contributed by atoms with Crippen LogP contribution in [-0.2, 0) is 16.4 Å². The molecule has 23 heavy (non-hydrogen) atoms. The average Bonchev–Trinajstić information content (AvgIpc) is 2.90. The van der Waals surface area contributed by atoms with E-state index in [0.717, 1.165) is 11.6 Å². The van der Waals surface area contributed by atoms with E-state index in [1.165, 1.54) is 23.4 Å². The molecule has 0 atom stereocenters. The SMILES string of the molecule is CC(=O)c1ccc2c(c1)CCN2S(=O)(=O)c1ccc(F)cc1C. The van der Waals surface area contributed by atoms with Gasteiger partial charge >= 0.3 is 0 Å². The summed E-state index contributed by atoms with van der Waals surface area (Å²) in [5, 5.41) is 0. The molecule has 0 aromatic heterocycles. The largest absolute Gasteiger partial charge is 0.295 e. The van der Waals surface area contributed by atoms with Crippen LogP contribution in [-0.4, -0.2) is 20.7 Å². The molecule has 0 saturated heterocycles. The Labute approximate surface area is 134 Å². The fraction of sp³-hybridized carbons (Fsp3) is 0.235. The number of Topliss-reactive ketones (excluding diaryl/α,β-unsaturated/α-hetero) is 1. The van der Waals surface area contributed by atoms with Gasteiger partial charge in [-0.25, -0.2) is 12.8 Å². The molecular formula is C17H16FNO3S. The first kappa shape index (κ1) is 15.7. The highest BCUT2D eigenvalue weighted by atomic mass is 32.2. The number of hydrogen-bond donors (Lipinski definition) is 0. The molecule has 3 rings (SSSR count). The van der Waals surface area contributed by atoms with Gasteiger partial charge in [-0.15, -0.1) is 0 Å². The van der Waals surface area contributed by atoms with Gasteiger partial charge in [0.15, 0.2) is 5.78 Å². The van der Waals surface area contributed by atoms with Crippen LogP contribution in [0.15, 0.2) is 41.3 Å². The van der Waals surface area contributed by atoms with Gasteiger partial charge in [-0.2, -0.15) is 0 Å². The Morgan fingerprint density at radius 3 is 2.57 bits per heavy atom. The number of aryl methyl sites for hydroxylation is 1. The van der Waals surface area contributed by atoms with Crippen molar-refractivity contribution in [3.05, 3.63) is 58.9 Å². The first-order valence-corrected chi connectivity index (χ1v) is 8.67. The standard InChI is InChI=1S/C17H16FNO3S/c1-11-9-15(18)4-6-17(11)23(21,22)19-8-7-14-10-13(12(2)20)3-5-16(14)19/h3-6,9-10H,7-8H2,1-2H3. The number of anilines is 1. The molecule has 120 valence electrons. The normalized spacial score (nSPS) is 14.0. The van der Waals surface area contributed by atoms with Gasteiger partial charge in [-0.05, 0) is 67.8 Å². The Hall–Kier alpha value is -2.21. The highest BCUT2D eigenvalue weighted by molar-refractivity contribution is 7.93. The molecule has 0 spiro atoms. The summed E-state index contributed by atoms with van der Waals surface area (Å²) in [5.41, 5.74) is 2.36. The highest BCUT2D eigenvalue weighted by Gasteiger charge is 2.32. The van der Waals surface area contributed by atoms with Crippen LogP contribution in [0, 0.1) is 12.7 Å². The lowest BCUT2D eigenvalue weighted by Crippen LogP contribution is -2.29. The van der Waals surface area contributed by atoms with Crippen LogP contribution in [0.25, 0.3) is 0 Å². The number of carbonyl (C=O) groups is 1. The summed E-state index contributed by atoms with van der Waals surface area (Å²) in [5.74, 6) is -0.516. The molecule has 1 heterocycles. The Kier molecular flexibility index (Phi) is 3.72. The maximum Gasteiger partial charge on any atom is 0.264 e. The molecule has 0 fully saturated rings. The lowest BCUT2D eigenvalue weighted by molar-refractivity contribution is 0.101. The predicted molar refractivity (Wildman–Crippen MR) is 85.8 cm³/mol. The fourth-order valence-electron chi connectivity index (χ4n) is 2.86. The lowest BCUT2D eigenvalue weighted by Gasteiger charge is -2.21. The topological polar surface area (TPSA) is 54.5 Å². The van der Waals surface area contributed by atoms with Crippen LogP contribution in [0.5, 0.6) is 0 Å². The van der Waals surface area contributed by atoms with E-state index in [9.17, 15) is 17.6 Å². The minimum Gasteiger partial charge on any atom is -0.295 e. The maximum absolute atomic E-state index is 13.2. The van der Waals surface area contributed by atoms with Crippen LogP contribution in [0.3, 0.4) is 0 Å². The predicted octanol–water partition coefficient (Wildman–Crippen LogP) is 3.09. The van der Waals surface area contributed by atoms with Gasteiger partial charge in [0.25, 0.3) is 10.0 Å². The zero-order valence-electron chi connectivity index (χ0n) is 12.8. The van der Waals surface area contributed by atoms with Gasteiger partial charge in [-0.1, -0.05) is 0 Å². The van der Waals surface area contributed by atoms with Crippen molar-refractivity contribution in [2.75, 3.05) is 10.8 Å². The highest BCUT2D eigenvalue weighted by Crippen LogP contribution is 2.34. The third-order valence-electron chi connectivity index (χ3n) is 4.04. The number of carbonyl (C=O) groups excluding carboxylic acids is 1. The van der Waals surface area contributed by atoms with Gasteiger partial charge in [0.1, 0.15) is 5.82 Å². The summed E-state index contributed by atoms with van der Waals surface area (Å²) in [6, 6.07) is 8.69. The Balaban J connectivity index is 2.06. The number of nitrogens with zero attached hydrogens (tertiary/aromatic N) is 1. The Morgan fingerprint density at radius 2 is 1.91 bits per heavy atom. The first-order chi connectivity index (χ1) is 10.8. The average molecular weight is 333 g/mol. The monoisotopic (exact) mass is 333 g/mol. The van der Waals surface area contributed by atoms with E-state index < -0.39 is 15.8 Å². The van der Waals surface area contributed by atoms with Crippen molar-refractivity contribution in [2.24, 2.45) is 0 Å². The number of rotatable bonds is 3. The molecule has 1 aliphatic heterocycles. The summed E-state index contributed by atoms with van der Waals surface area (Å²) in [4.78, 5) is 11.6. The van der Waals surface area contributed by atoms with E-state index in [2.05, 4.69) is 0 Å². The summed E-state index contributed by atoms with van der Waals surface area (Å²) < 4.78 is 40.3. The van der Waals surface area contributed by atoms with Gasteiger partial charge in [-0.3, -0.25) is 9.10 Å². The molecule has 4 nitrogen and oxygen atoms in total. The van der Waals surface area contributed by atoms with Crippen LogP contribution in [0.2, 0.25) is 0 Å². The molecule has 0 unspecified atom stereocenters. The number of benzene rings is 2. The van der Waals surface area contributed by atoms with Gasteiger partial charge in [0.05, 0.1) is 10.6 Å². The minimum atomic E-state index is -3.75. The third-order valence-corrected chi connectivity index (χ3v) is 6.02. The van der Waals surface area contributed by atoms with Crippen molar-refractivity contribution >= 4 is 21.5 Å². The quantitative estimate of drug-likeness (QED) is 0.811. The molecule has 0 radical (unpaired) electrons. The van der Waals surface area contributed by atoms with E-state index >= 15 is 0 Å². The number of fused-ring (bicyclic) bond motifs is 1. The molecule has 0 N–H and O–H groups in total. The van der Waals surface area contributed by atoms with Gasteiger partial charge < -0.3 is 0 Å². The third kappa shape index (κ3) is 2.63. The zero-order chi connectivity index (χ0) is 16.8. The molecule has 0 saturated carbocycles. The van der Waals surface area contributed by atoms with Crippen molar-refractivity contribution in [3.63, 3.8) is 0 Å². The molecule has 2 aromatic rings. The zero-order valence-corrected chi connectivity index (χ0v) is 13.7. The summed E-state index contributed by atoms with van der Waals surface area (Å²) in [6.07, 6.45) is 0.552. The summed E-state index contributed by atoms with van der Waals surface area (Å²) in [6.45, 7) is 3.37. The molecule has 1 aliphatic rings. The van der Waals surface area contributed by atoms with E-state index in [4.69, 9.17) is 0 Å². The minimum absolute atomic E-state index is 0.0523. The van der Waals surface area contributed by atoms with Crippen molar-refractivity contribution < 1.29 is 17.6 Å². The van der Waals surface area contributed by atoms with Gasteiger partial charge in [0.2, 0.25) is 0 Å². The summed E-state index contributed by atoms with van der Waals surface area (Å²) in [7, 11) is -3.75. The Morgan fingerprint density at radius 1 is 1.17 bits per heavy atom. The summed E-state index contributed by atoms with van der Waals surface area (Å²) >= 11 is 0. The number of halogens is 1. The molecular weight excluding hydrogens is 317 g/mol. The number of ketones is 1. The second-order valence-electron chi connectivity index (χ2n) is 5.64. The van der Waals surface area contributed by atoms with E-state index in [0.29, 0.717) is 29.8 Å². The van der Waals surface area contributed by atoms with Crippen LogP contribution in [0.1, 0.15) is 28.4 Å². The lowest BCUT2D eigenvalue weighted by atomic mass is 10.1. The number of sulfonamides is 1. The van der Waals surface area contributed by atoms with Crippen molar-refractivity contribution in [1.29, 1.82) is 0 Å². The molecule has 0 amide bonds. The second-order valence-corrected chi connectivity index (χ2v) is 7.47.